The highest BCUT2D eigenvalue weighted by atomic mass is 32.1. The lowest BCUT2D eigenvalue weighted by Gasteiger charge is -2.08. The minimum atomic E-state index is -0.582. The molecule has 0 aliphatic carbocycles. The largest absolute Gasteiger partial charge is 0.494 e. The summed E-state index contributed by atoms with van der Waals surface area (Å²) in [7, 11) is 0. The van der Waals surface area contributed by atoms with Gasteiger partial charge in [-0.25, -0.2) is 9.59 Å². The predicted molar refractivity (Wildman–Crippen MR) is 120 cm³/mol. The van der Waals surface area contributed by atoms with Gasteiger partial charge in [-0.05, 0) is 43.9 Å². The summed E-state index contributed by atoms with van der Waals surface area (Å²) >= 11 is 1.03. The van der Waals surface area contributed by atoms with Crippen molar-refractivity contribution >= 4 is 34.2 Å². The molecule has 0 radical (unpaired) electrons. The van der Waals surface area contributed by atoms with Crippen LogP contribution < -0.4 is 10.1 Å². The number of nitrogens with one attached hydrogen (secondary N) is 1. The molecule has 1 aromatic carbocycles. The third-order valence-corrected chi connectivity index (χ3v) is 5.36. The maximum absolute atomic E-state index is 12.5. The Hall–Kier alpha value is -2.87. The first kappa shape index (κ1) is 24.4. The number of para-hydroxylation sites is 1. The lowest BCUT2D eigenvalue weighted by Crippen LogP contribution is -2.15. The van der Waals surface area contributed by atoms with Crippen molar-refractivity contribution in [1.29, 1.82) is 0 Å². The van der Waals surface area contributed by atoms with Crippen LogP contribution in [0.25, 0.3) is 0 Å². The molecule has 0 aliphatic rings. The molecule has 0 spiro atoms. The quantitative estimate of drug-likeness (QED) is 0.391. The van der Waals surface area contributed by atoms with E-state index in [1.54, 1.807) is 13.8 Å². The van der Waals surface area contributed by atoms with Crippen molar-refractivity contribution < 1.29 is 28.6 Å². The summed E-state index contributed by atoms with van der Waals surface area (Å²) in [5, 5.41) is 3.04. The number of carbonyl (C=O) groups excluding carboxylic acids is 3. The highest BCUT2D eigenvalue weighted by molar-refractivity contribution is 7.18. The Morgan fingerprint density at radius 3 is 2.42 bits per heavy atom. The maximum atomic E-state index is 12.5. The molecule has 7 nitrogen and oxygen atoms in total. The fraction of sp³-hybridized carbons (Fsp3) is 0.435. The van der Waals surface area contributed by atoms with Crippen LogP contribution in [0.4, 0.5) is 5.00 Å². The van der Waals surface area contributed by atoms with Crippen LogP contribution in [-0.2, 0) is 14.3 Å². The van der Waals surface area contributed by atoms with E-state index in [-0.39, 0.29) is 41.9 Å². The van der Waals surface area contributed by atoms with Gasteiger partial charge in [0.05, 0.1) is 25.4 Å². The molecule has 168 valence electrons. The zero-order valence-electron chi connectivity index (χ0n) is 18.4. The summed E-state index contributed by atoms with van der Waals surface area (Å²) in [5.41, 5.74) is 0.636. The summed E-state index contributed by atoms with van der Waals surface area (Å²) in [6, 6.07) is 9.35. The first-order valence-corrected chi connectivity index (χ1v) is 11.1. The molecule has 0 atom stereocenters. The molecule has 1 N–H and O–H groups in total. The summed E-state index contributed by atoms with van der Waals surface area (Å²) in [5.74, 6) is -0.442. The van der Waals surface area contributed by atoms with Gasteiger partial charge in [0.1, 0.15) is 15.6 Å². The van der Waals surface area contributed by atoms with Crippen LogP contribution in [0.2, 0.25) is 0 Å². The van der Waals surface area contributed by atoms with Gasteiger partial charge in [-0.1, -0.05) is 32.0 Å². The van der Waals surface area contributed by atoms with Gasteiger partial charge in [0.2, 0.25) is 5.91 Å². The van der Waals surface area contributed by atoms with Gasteiger partial charge in [-0.2, -0.15) is 0 Å². The van der Waals surface area contributed by atoms with Crippen molar-refractivity contribution in [2.45, 2.75) is 40.5 Å². The third-order valence-electron chi connectivity index (χ3n) is 4.17. The Kier molecular flexibility index (Phi) is 9.52. The van der Waals surface area contributed by atoms with E-state index in [4.69, 9.17) is 14.2 Å². The lowest BCUT2D eigenvalue weighted by atomic mass is 10.1. The lowest BCUT2D eigenvalue weighted by molar-refractivity contribution is -0.116. The molecule has 1 heterocycles. The third kappa shape index (κ3) is 7.40. The van der Waals surface area contributed by atoms with E-state index in [2.05, 4.69) is 5.32 Å². The van der Waals surface area contributed by atoms with Gasteiger partial charge >= 0.3 is 11.9 Å². The molecule has 31 heavy (non-hydrogen) atoms. The molecule has 0 bridgehead atoms. The van der Waals surface area contributed by atoms with Crippen LogP contribution in [0.3, 0.4) is 0 Å². The number of hydrogen-bond acceptors (Lipinski definition) is 7. The summed E-state index contributed by atoms with van der Waals surface area (Å²) in [4.78, 5) is 37.6. The first-order valence-electron chi connectivity index (χ1n) is 10.3. The second-order valence-electron chi connectivity index (χ2n) is 7.29. The molecule has 0 saturated heterocycles. The van der Waals surface area contributed by atoms with E-state index < -0.39 is 11.9 Å². The molecule has 0 saturated carbocycles. The van der Waals surface area contributed by atoms with Gasteiger partial charge in [-0.15, -0.1) is 11.3 Å². The van der Waals surface area contributed by atoms with Gasteiger partial charge in [0.25, 0.3) is 0 Å². The van der Waals surface area contributed by atoms with Crippen molar-refractivity contribution in [3.8, 4) is 5.75 Å². The van der Waals surface area contributed by atoms with Gasteiger partial charge in [0, 0.05) is 6.42 Å². The Morgan fingerprint density at radius 1 is 1.06 bits per heavy atom. The predicted octanol–water partition coefficient (Wildman–Crippen LogP) is 4.84. The Bertz CT molecular complexity index is 891. The highest BCUT2D eigenvalue weighted by Crippen LogP contribution is 2.34. The molecule has 0 unspecified atom stereocenters. The molecule has 1 amide bonds. The van der Waals surface area contributed by atoms with E-state index >= 15 is 0 Å². The van der Waals surface area contributed by atoms with Crippen LogP contribution in [0.15, 0.2) is 30.3 Å². The molecule has 8 heteroatoms. The normalized spacial score (nSPS) is 10.6. The average Bonchev–Trinajstić information content (AvgIpc) is 3.06. The van der Waals surface area contributed by atoms with E-state index in [1.807, 2.05) is 44.2 Å². The van der Waals surface area contributed by atoms with Crippen LogP contribution in [0.1, 0.15) is 59.2 Å². The van der Waals surface area contributed by atoms with Crippen molar-refractivity contribution in [2.24, 2.45) is 5.92 Å². The van der Waals surface area contributed by atoms with Gasteiger partial charge < -0.3 is 19.5 Å². The standard InChI is InChI=1S/C23H29NO6S/c1-5-28-22(26)19-16(4)20(23(27)30-14-15(2)3)31-21(19)24-18(25)12-9-13-29-17-10-7-6-8-11-17/h6-8,10-11,15H,5,9,12-14H2,1-4H3,(H,24,25). The summed E-state index contributed by atoms with van der Waals surface area (Å²) < 4.78 is 16.0. The Balaban J connectivity index is 2.04. The van der Waals surface area contributed by atoms with Crippen LogP contribution in [0.5, 0.6) is 5.75 Å². The summed E-state index contributed by atoms with van der Waals surface area (Å²) in [6.45, 7) is 8.07. The molecular formula is C23H29NO6S. The van der Waals surface area contributed by atoms with Gasteiger partial charge in [0.15, 0.2) is 0 Å². The monoisotopic (exact) mass is 447 g/mol. The van der Waals surface area contributed by atoms with Crippen molar-refractivity contribution in [2.75, 3.05) is 25.1 Å². The Labute approximate surface area is 186 Å². The molecule has 2 rings (SSSR count). The van der Waals surface area contributed by atoms with E-state index in [1.165, 1.54) is 0 Å². The zero-order chi connectivity index (χ0) is 22.8. The molecular weight excluding hydrogens is 418 g/mol. The number of rotatable bonds is 11. The van der Waals surface area contributed by atoms with Gasteiger partial charge in [-0.3, -0.25) is 4.79 Å². The number of anilines is 1. The SMILES string of the molecule is CCOC(=O)c1c(NC(=O)CCCOc2ccccc2)sc(C(=O)OCC(C)C)c1C. The number of ether oxygens (including phenoxy) is 3. The first-order chi connectivity index (χ1) is 14.8. The minimum Gasteiger partial charge on any atom is -0.494 e. The number of esters is 2. The smallest absolute Gasteiger partial charge is 0.348 e. The topological polar surface area (TPSA) is 90.9 Å². The summed E-state index contributed by atoms with van der Waals surface area (Å²) in [6.07, 6.45) is 0.711. The Morgan fingerprint density at radius 2 is 1.77 bits per heavy atom. The number of thiophene rings is 1. The molecule has 0 fully saturated rings. The highest BCUT2D eigenvalue weighted by Gasteiger charge is 2.27. The number of amides is 1. The van der Waals surface area contributed by atoms with E-state index in [0.717, 1.165) is 17.1 Å². The van der Waals surface area contributed by atoms with Crippen LogP contribution in [-0.4, -0.2) is 37.7 Å². The molecule has 0 aliphatic heterocycles. The molecule has 2 aromatic rings. The fourth-order valence-electron chi connectivity index (χ4n) is 2.68. The van der Waals surface area contributed by atoms with Crippen molar-refractivity contribution in [3.05, 3.63) is 46.3 Å². The van der Waals surface area contributed by atoms with E-state index in [0.29, 0.717) is 23.6 Å². The number of benzene rings is 1. The second kappa shape index (κ2) is 12.1. The van der Waals surface area contributed by atoms with Crippen molar-refractivity contribution in [3.63, 3.8) is 0 Å². The fourth-order valence-corrected chi connectivity index (χ4v) is 3.79. The zero-order valence-corrected chi connectivity index (χ0v) is 19.2. The second-order valence-corrected chi connectivity index (χ2v) is 8.31. The maximum Gasteiger partial charge on any atom is 0.348 e. The van der Waals surface area contributed by atoms with Crippen LogP contribution >= 0.6 is 11.3 Å². The molecule has 1 aromatic heterocycles. The van der Waals surface area contributed by atoms with E-state index in [9.17, 15) is 14.4 Å². The number of carbonyl (C=O) groups is 3. The number of hydrogen-bond donors (Lipinski definition) is 1. The minimum absolute atomic E-state index is 0.186. The van der Waals surface area contributed by atoms with Crippen LogP contribution in [0, 0.1) is 12.8 Å². The average molecular weight is 448 g/mol. The van der Waals surface area contributed by atoms with Crippen molar-refractivity contribution in [1.82, 2.24) is 0 Å².